The Bertz CT molecular complexity index is 402. The summed E-state index contributed by atoms with van der Waals surface area (Å²) in [7, 11) is 0. The lowest BCUT2D eigenvalue weighted by atomic mass is 10.1. The molecule has 1 aromatic heterocycles. The minimum atomic E-state index is -0.302. The first-order chi connectivity index (χ1) is 7.96. The average molecular weight is 238 g/mol. The summed E-state index contributed by atoms with van der Waals surface area (Å²) in [6.45, 7) is 6.68. The number of hydrogen-bond acceptors (Lipinski definition) is 5. The zero-order chi connectivity index (χ0) is 12.5. The smallest absolute Gasteiger partial charge is 0.293 e. The van der Waals surface area contributed by atoms with E-state index >= 15 is 0 Å². The van der Waals surface area contributed by atoms with E-state index in [2.05, 4.69) is 20.8 Å². The van der Waals surface area contributed by atoms with Gasteiger partial charge in [0.2, 0.25) is 5.89 Å². The van der Waals surface area contributed by atoms with E-state index in [1.807, 2.05) is 20.8 Å². The van der Waals surface area contributed by atoms with Gasteiger partial charge < -0.3 is 15.2 Å². The molecule has 2 rings (SSSR count). The SMILES string of the molecule is CC(C)(C)NC(=O)c1noc(C2CCCN2)n1. The fourth-order valence-electron chi connectivity index (χ4n) is 1.76. The van der Waals surface area contributed by atoms with E-state index in [0.29, 0.717) is 5.89 Å². The maximum Gasteiger partial charge on any atom is 0.293 e. The Balaban J connectivity index is 2.04. The summed E-state index contributed by atoms with van der Waals surface area (Å²) in [6, 6.07) is 0.0960. The van der Waals surface area contributed by atoms with Gasteiger partial charge in [0.1, 0.15) is 0 Å². The van der Waals surface area contributed by atoms with Gasteiger partial charge in [-0.1, -0.05) is 5.16 Å². The van der Waals surface area contributed by atoms with Crippen LogP contribution < -0.4 is 10.6 Å². The van der Waals surface area contributed by atoms with Crippen molar-refractivity contribution in [2.45, 2.75) is 45.2 Å². The number of nitrogens with zero attached hydrogens (tertiary/aromatic N) is 2. The highest BCUT2D eigenvalue weighted by Gasteiger charge is 2.25. The summed E-state index contributed by atoms with van der Waals surface area (Å²) in [4.78, 5) is 15.9. The van der Waals surface area contributed by atoms with Crippen LogP contribution in [0.1, 0.15) is 56.2 Å². The van der Waals surface area contributed by atoms with Gasteiger partial charge >= 0.3 is 0 Å². The second-order valence-electron chi connectivity index (χ2n) is 5.31. The van der Waals surface area contributed by atoms with Gasteiger partial charge in [-0.2, -0.15) is 4.98 Å². The molecule has 2 N–H and O–H groups in total. The molecule has 17 heavy (non-hydrogen) atoms. The number of carbonyl (C=O) groups is 1. The van der Waals surface area contributed by atoms with Crippen LogP contribution >= 0.6 is 0 Å². The zero-order valence-electron chi connectivity index (χ0n) is 10.4. The summed E-state index contributed by atoms with van der Waals surface area (Å²) >= 11 is 0. The molecule has 0 aromatic carbocycles. The van der Waals surface area contributed by atoms with Crippen molar-refractivity contribution in [3.8, 4) is 0 Å². The van der Waals surface area contributed by atoms with Gasteiger partial charge in [-0.15, -0.1) is 0 Å². The molecule has 1 unspecified atom stereocenters. The third kappa shape index (κ3) is 3.03. The van der Waals surface area contributed by atoms with Crippen LogP contribution in [0.5, 0.6) is 0 Å². The predicted molar refractivity (Wildman–Crippen MR) is 61.5 cm³/mol. The summed E-state index contributed by atoms with van der Waals surface area (Å²) in [5, 5.41) is 9.75. The zero-order valence-corrected chi connectivity index (χ0v) is 10.4. The first-order valence-corrected chi connectivity index (χ1v) is 5.85. The second kappa shape index (κ2) is 4.44. The van der Waals surface area contributed by atoms with Gasteiger partial charge in [0.15, 0.2) is 0 Å². The standard InChI is InChI=1S/C11H18N4O2/c1-11(2,3)14-9(16)8-13-10(17-15-8)7-5-4-6-12-7/h7,12H,4-6H2,1-3H3,(H,14,16). The lowest BCUT2D eigenvalue weighted by molar-refractivity contribution is 0.0906. The largest absolute Gasteiger partial charge is 0.345 e. The van der Waals surface area contributed by atoms with Crippen LogP contribution in [0.4, 0.5) is 0 Å². The molecular weight excluding hydrogens is 220 g/mol. The molecule has 1 atom stereocenters. The van der Waals surface area contributed by atoms with Gasteiger partial charge in [0.05, 0.1) is 6.04 Å². The third-order valence-corrected chi connectivity index (χ3v) is 2.49. The Labute approximate surface area is 100 Å². The van der Waals surface area contributed by atoms with Crippen LogP contribution in [0.15, 0.2) is 4.52 Å². The highest BCUT2D eigenvalue weighted by Crippen LogP contribution is 2.21. The van der Waals surface area contributed by atoms with Gasteiger partial charge in [0.25, 0.3) is 11.7 Å². The van der Waals surface area contributed by atoms with E-state index in [1.54, 1.807) is 0 Å². The van der Waals surface area contributed by atoms with Gasteiger partial charge in [-0.3, -0.25) is 4.79 Å². The molecule has 6 heteroatoms. The fraction of sp³-hybridized carbons (Fsp3) is 0.727. The van der Waals surface area contributed by atoms with Crippen molar-refractivity contribution in [3.05, 3.63) is 11.7 Å². The molecule has 0 radical (unpaired) electrons. The number of hydrogen-bond donors (Lipinski definition) is 2. The Morgan fingerprint density at radius 1 is 1.53 bits per heavy atom. The number of rotatable bonds is 2. The monoisotopic (exact) mass is 238 g/mol. The van der Waals surface area contributed by atoms with Crippen molar-refractivity contribution < 1.29 is 9.32 Å². The topological polar surface area (TPSA) is 80.0 Å². The molecule has 1 amide bonds. The summed E-state index contributed by atoms with van der Waals surface area (Å²) in [6.07, 6.45) is 2.07. The van der Waals surface area contributed by atoms with Gasteiger partial charge in [-0.25, -0.2) is 0 Å². The highest BCUT2D eigenvalue weighted by molar-refractivity contribution is 5.90. The molecule has 1 aliphatic heterocycles. The fourth-order valence-corrected chi connectivity index (χ4v) is 1.76. The molecule has 0 saturated carbocycles. The van der Waals surface area contributed by atoms with Crippen LogP contribution in [-0.4, -0.2) is 28.1 Å². The average Bonchev–Trinajstić information content (AvgIpc) is 2.86. The van der Waals surface area contributed by atoms with E-state index < -0.39 is 0 Å². The molecule has 0 spiro atoms. The van der Waals surface area contributed by atoms with Crippen LogP contribution in [0.2, 0.25) is 0 Å². The molecule has 94 valence electrons. The van der Waals surface area contributed by atoms with E-state index in [1.165, 1.54) is 0 Å². The lowest BCUT2D eigenvalue weighted by Gasteiger charge is -2.18. The minimum Gasteiger partial charge on any atom is -0.345 e. The Hall–Kier alpha value is -1.43. The molecular formula is C11H18N4O2. The molecule has 1 saturated heterocycles. The van der Waals surface area contributed by atoms with Crippen LogP contribution in [0.25, 0.3) is 0 Å². The Kier molecular flexibility index (Phi) is 3.15. The van der Waals surface area contributed by atoms with Crippen LogP contribution in [-0.2, 0) is 0 Å². The first-order valence-electron chi connectivity index (χ1n) is 5.85. The summed E-state index contributed by atoms with van der Waals surface area (Å²) in [5.74, 6) is 0.302. The summed E-state index contributed by atoms with van der Waals surface area (Å²) < 4.78 is 5.10. The van der Waals surface area contributed by atoms with Crippen LogP contribution in [0.3, 0.4) is 0 Å². The maximum absolute atomic E-state index is 11.8. The van der Waals surface area contributed by atoms with Gasteiger partial charge in [-0.05, 0) is 40.2 Å². The van der Waals surface area contributed by atoms with Crippen molar-refractivity contribution >= 4 is 5.91 Å². The minimum absolute atomic E-state index is 0.0960. The van der Waals surface area contributed by atoms with Crippen molar-refractivity contribution in [2.24, 2.45) is 0 Å². The predicted octanol–water partition coefficient (Wildman–Crippen LogP) is 1.02. The molecule has 6 nitrogen and oxygen atoms in total. The number of aromatic nitrogens is 2. The molecule has 0 bridgehead atoms. The maximum atomic E-state index is 11.8. The van der Waals surface area contributed by atoms with Crippen molar-refractivity contribution in [3.63, 3.8) is 0 Å². The third-order valence-electron chi connectivity index (χ3n) is 2.49. The highest BCUT2D eigenvalue weighted by atomic mass is 16.5. The van der Waals surface area contributed by atoms with E-state index in [4.69, 9.17) is 4.52 Å². The Morgan fingerprint density at radius 3 is 2.88 bits per heavy atom. The number of amides is 1. The molecule has 0 aliphatic carbocycles. The van der Waals surface area contributed by atoms with Crippen molar-refractivity contribution in [2.75, 3.05) is 6.54 Å². The molecule has 1 fully saturated rings. The quantitative estimate of drug-likeness (QED) is 0.804. The number of nitrogens with one attached hydrogen (secondary N) is 2. The van der Waals surface area contributed by atoms with E-state index in [0.717, 1.165) is 19.4 Å². The Morgan fingerprint density at radius 2 is 2.29 bits per heavy atom. The van der Waals surface area contributed by atoms with Gasteiger partial charge in [0, 0.05) is 5.54 Å². The van der Waals surface area contributed by atoms with Crippen molar-refractivity contribution in [1.82, 2.24) is 20.8 Å². The normalized spacial score (nSPS) is 20.5. The molecule has 1 aliphatic rings. The molecule has 1 aromatic rings. The van der Waals surface area contributed by atoms with E-state index in [9.17, 15) is 4.79 Å². The molecule has 2 heterocycles. The van der Waals surface area contributed by atoms with Crippen LogP contribution in [0, 0.1) is 0 Å². The number of carbonyl (C=O) groups excluding carboxylic acids is 1. The second-order valence-corrected chi connectivity index (χ2v) is 5.31. The van der Waals surface area contributed by atoms with E-state index in [-0.39, 0.29) is 23.3 Å². The van der Waals surface area contributed by atoms with Crippen molar-refractivity contribution in [1.29, 1.82) is 0 Å². The first kappa shape index (κ1) is 12.0. The lowest BCUT2D eigenvalue weighted by Crippen LogP contribution is -2.41. The summed E-state index contributed by atoms with van der Waals surface area (Å²) in [5.41, 5.74) is -0.302.